The molecule has 5 nitrogen and oxygen atoms in total. The van der Waals surface area contributed by atoms with Crippen LogP contribution in [0.15, 0.2) is 29.2 Å². The number of sulfonamides is 1. The second-order valence-corrected chi connectivity index (χ2v) is 5.30. The second kappa shape index (κ2) is 6.58. The predicted molar refractivity (Wildman–Crippen MR) is 62.1 cm³/mol. The van der Waals surface area contributed by atoms with Gasteiger partial charge in [-0.05, 0) is 19.1 Å². The predicted octanol–water partition coefficient (Wildman–Crippen LogP) is -4.22. The summed E-state index contributed by atoms with van der Waals surface area (Å²) in [6.07, 6.45) is 0.324. The number of halogens is 1. The molecule has 5 N–H and O–H groups in total. The van der Waals surface area contributed by atoms with Gasteiger partial charge >= 0.3 is 0 Å². The molecule has 0 unspecified atom stereocenters. The van der Waals surface area contributed by atoms with Gasteiger partial charge in [0.15, 0.2) is 0 Å². The Bertz CT molecular complexity index is 471. The lowest BCUT2D eigenvalue weighted by atomic mass is 10.2. The van der Waals surface area contributed by atoms with Gasteiger partial charge in [-0.3, -0.25) is 11.1 Å². The maximum absolute atomic E-state index is 11.7. The van der Waals surface area contributed by atoms with Crippen LogP contribution < -0.4 is 28.3 Å². The number of rotatable bonds is 5. The molecule has 0 fully saturated rings. The van der Waals surface area contributed by atoms with Crippen molar-refractivity contribution in [1.82, 2.24) is 4.72 Å². The van der Waals surface area contributed by atoms with Crippen molar-refractivity contribution in [3.8, 4) is 0 Å². The minimum absolute atomic E-state index is 0. The molecule has 0 heterocycles. The van der Waals surface area contributed by atoms with E-state index in [4.69, 9.17) is 11.1 Å². The number of hydrogen-bond acceptors (Lipinski definition) is 2. The normalized spacial score (nSPS) is 10.6. The summed E-state index contributed by atoms with van der Waals surface area (Å²) in [5, 5.41) is 5.24. The van der Waals surface area contributed by atoms with E-state index in [0.29, 0.717) is 6.42 Å². The molecule has 0 atom stereocenters. The standard InChI is InChI=1S/C10H15N3O2S.ClH/c1-8-2-4-9(5-3-8)16(14,15)13-7-6-10(11)12;/h2-5,13H,6-7H2,1H3,(H3,11,12);1H. The number of benzene rings is 1. The van der Waals surface area contributed by atoms with E-state index < -0.39 is 10.0 Å². The third kappa shape index (κ3) is 5.16. The Morgan fingerprint density at radius 3 is 2.35 bits per heavy atom. The van der Waals surface area contributed by atoms with Crippen molar-refractivity contribution in [2.24, 2.45) is 5.73 Å². The maximum atomic E-state index is 11.7. The Hall–Kier alpha value is -1.11. The van der Waals surface area contributed by atoms with Gasteiger partial charge < -0.3 is 12.4 Å². The van der Waals surface area contributed by atoms with Crippen LogP contribution in [0, 0.1) is 6.92 Å². The first-order valence-corrected chi connectivity index (χ1v) is 6.33. The lowest BCUT2D eigenvalue weighted by molar-refractivity contribution is -0.117. The summed E-state index contributed by atoms with van der Waals surface area (Å²) < 4.78 is 25.9. The van der Waals surface area contributed by atoms with Crippen molar-refractivity contribution in [2.45, 2.75) is 18.2 Å². The zero-order valence-corrected chi connectivity index (χ0v) is 11.1. The molecule has 0 aliphatic rings. The Morgan fingerprint density at radius 2 is 1.88 bits per heavy atom. The fourth-order valence-corrected chi connectivity index (χ4v) is 2.16. The van der Waals surface area contributed by atoms with Gasteiger partial charge in [-0.25, -0.2) is 13.1 Å². The maximum Gasteiger partial charge on any atom is 0.240 e. The topological polar surface area (TPSA) is 97.8 Å². The second-order valence-electron chi connectivity index (χ2n) is 3.54. The van der Waals surface area contributed by atoms with Crippen LogP contribution in [0.1, 0.15) is 12.0 Å². The monoisotopic (exact) mass is 277 g/mol. The van der Waals surface area contributed by atoms with Crippen molar-refractivity contribution < 1.29 is 26.2 Å². The highest BCUT2D eigenvalue weighted by Gasteiger charge is 2.13. The van der Waals surface area contributed by atoms with Crippen molar-refractivity contribution >= 4 is 15.9 Å². The van der Waals surface area contributed by atoms with Gasteiger partial charge in [0, 0.05) is 6.54 Å². The van der Waals surface area contributed by atoms with Crippen LogP contribution in [-0.4, -0.2) is 20.8 Å². The minimum Gasteiger partial charge on any atom is -1.00 e. The van der Waals surface area contributed by atoms with Crippen LogP contribution in [0.25, 0.3) is 0 Å². The van der Waals surface area contributed by atoms with Crippen molar-refractivity contribution in [3.63, 3.8) is 0 Å². The molecule has 0 aliphatic carbocycles. The van der Waals surface area contributed by atoms with Crippen LogP contribution >= 0.6 is 0 Å². The molecule has 1 rings (SSSR count). The largest absolute Gasteiger partial charge is 1.00 e. The summed E-state index contributed by atoms with van der Waals surface area (Å²) in [5.74, 6) is 0.214. The molecule has 0 saturated heterocycles. The molecule has 0 spiro atoms. The van der Waals surface area contributed by atoms with Crippen molar-refractivity contribution in [3.05, 3.63) is 29.8 Å². The molecule has 0 saturated carbocycles. The smallest absolute Gasteiger partial charge is 0.240 e. The lowest BCUT2D eigenvalue weighted by Crippen LogP contribution is -3.00. The minimum atomic E-state index is -3.45. The van der Waals surface area contributed by atoms with Gasteiger partial charge in [0.05, 0.1) is 11.3 Å². The zero-order chi connectivity index (χ0) is 12.2. The fraction of sp³-hybridized carbons (Fsp3) is 0.300. The Kier molecular flexibility index (Phi) is 6.15. The molecule has 0 bridgehead atoms. The molecule has 0 radical (unpaired) electrons. The van der Waals surface area contributed by atoms with Gasteiger partial charge in [0.1, 0.15) is 0 Å². The number of nitrogens with two attached hydrogens (primary N) is 2. The van der Waals surface area contributed by atoms with E-state index in [-0.39, 0.29) is 29.7 Å². The highest BCUT2D eigenvalue weighted by Crippen LogP contribution is 2.09. The average Bonchev–Trinajstić information content (AvgIpc) is 2.17. The van der Waals surface area contributed by atoms with Crippen LogP contribution in [0.3, 0.4) is 0 Å². The Balaban J connectivity index is 0.00000256. The average molecular weight is 278 g/mol. The molecule has 0 aliphatic heterocycles. The summed E-state index contributed by atoms with van der Waals surface area (Å²) in [6, 6.07) is 6.62. The fourth-order valence-electron chi connectivity index (χ4n) is 1.13. The van der Waals surface area contributed by atoms with E-state index in [1.165, 1.54) is 0 Å². The van der Waals surface area contributed by atoms with Crippen molar-refractivity contribution in [1.29, 1.82) is 0 Å². The van der Waals surface area contributed by atoms with Crippen molar-refractivity contribution in [2.75, 3.05) is 6.54 Å². The first kappa shape index (κ1) is 15.9. The van der Waals surface area contributed by atoms with E-state index >= 15 is 0 Å². The van der Waals surface area contributed by atoms with Gasteiger partial charge in [-0.15, -0.1) is 0 Å². The summed E-state index contributed by atoms with van der Waals surface area (Å²) in [7, 11) is -3.45. The van der Waals surface area contributed by atoms with E-state index in [9.17, 15) is 8.42 Å². The van der Waals surface area contributed by atoms with E-state index in [0.717, 1.165) is 5.56 Å². The first-order chi connectivity index (χ1) is 7.42. The van der Waals surface area contributed by atoms with Crippen LogP contribution in [0.5, 0.6) is 0 Å². The third-order valence-electron chi connectivity index (χ3n) is 2.04. The molecule has 0 aromatic heterocycles. The molecule has 17 heavy (non-hydrogen) atoms. The number of amidine groups is 1. The molecular formula is C10H16ClN3O2S. The van der Waals surface area contributed by atoms with Gasteiger partial charge in [-0.1, -0.05) is 17.7 Å². The third-order valence-corrected chi connectivity index (χ3v) is 3.51. The number of nitrogens with one attached hydrogen (secondary N) is 1. The summed E-state index contributed by atoms with van der Waals surface area (Å²) >= 11 is 0. The van der Waals surface area contributed by atoms with Gasteiger partial charge in [0.2, 0.25) is 15.9 Å². The van der Waals surface area contributed by atoms with E-state index in [1.807, 2.05) is 6.92 Å². The summed E-state index contributed by atoms with van der Waals surface area (Å²) in [4.78, 5) is 0.244. The molecule has 0 amide bonds. The molecule has 1 aromatic carbocycles. The Morgan fingerprint density at radius 1 is 1.35 bits per heavy atom. The van der Waals surface area contributed by atoms with Crippen LogP contribution in [0.4, 0.5) is 0 Å². The van der Waals surface area contributed by atoms with E-state index in [2.05, 4.69) is 4.72 Å². The SMILES string of the molecule is Cc1ccc(S(=O)(=O)NCCC(N)=[NH2+])cc1.[Cl-]. The summed E-state index contributed by atoms with van der Waals surface area (Å²) in [6.45, 7) is 2.10. The summed E-state index contributed by atoms with van der Waals surface area (Å²) in [5.41, 5.74) is 6.25. The molecule has 1 aromatic rings. The van der Waals surface area contributed by atoms with Gasteiger partial charge in [0.25, 0.3) is 0 Å². The van der Waals surface area contributed by atoms with Crippen LogP contribution in [-0.2, 0) is 10.0 Å². The van der Waals surface area contributed by atoms with Gasteiger partial charge in [-0.2, -0.15) is 0 Å². The molecule has 96 valence electrons. The lowest BCUT2D eigenvalue weighted by Gasteiger charge is -2.05. The van der Waals surface area contributed by atoms with E-state index in [1.54, 1.807) is 24.3 Å². The highest BCUT2D eigenvalue weighted by molar-refractivity contribution is 7.89. The number of aryl methyl sites for hydroxylation is 1. The first-order valence-electron chi connectivity index (χ1n) is 4.85. The van der Waals surface area contributed by atoms with Crippen LogP contribution in [0.2, 0.25) is 0 Å². The quantitative estimate of drug-likeness (QED) is 0.376. The Labute approximate surface area is 107 Å². The molecule has 7 heteroatoms. The zero-order valence-electron chi connectivity index (χ0n) is 9.48. The highest BCUT2D eigenvalue weighted by atomic mass is 35.5. The molecular weight excluding hydrogens is 262 g/mol. The number of hydrogen-bond donors (Lipinski definition) is 3.